The number of anilines is 1. The molecule has 0 fully saturated rings. The Morgan fingerprint density at radius 2 is 1.97 bits per heavy atom. The summed E-state index contributed by atoms with van der Waals surface area (Å²) in [5.74, 6) is -0.120. The molecule has 4 rings (SSSR count). The Labute approximate surface area is 193 Å². The van der Waals surface area contributed by atoms with E-state index in [9.17, 15) is 9.59 Å². The van der Waals surface area contributed by atoms with Gasteiger partial charge in [-0.2, -0.15) is 0 Å². The molecular weight excluding hydrogens is 450 g/mol. The molecule has 0 atom stereocenters. The molecule has 0 spiro atoms. The molecule has 0 aliphatic heterocycles. The summed E-state index contributed by atoms with van der Waals surface area (Å²) in [5, 5.41) is 5.70. The van der Waals surface area contributed by atoms with Crippen molar-refractivity contribution in [1.82, 2.24) is 9.55 Å². The van der Waals surface area contributed by atoms with E-state index >= 15 is 0 Å². The first-order valence-electron chi connectivity index (χ1n) is 9.61. The van der Waals surface area contributed by atoms with Crippen LogP contribution in [0, 0.1) is 20.8 Å². The highest BCUT2D eigenvalue weighted by Crippen LogP contribution is 2.28. The van der Waals surface area contributed by atoms with Gasteiger partial charge in [0.2, 0.25) is 5.91 Å². The highest BCUT2D eigenvalue weighted by molar-refractivity contribution is 7.99. The molecule has 0 bridgehead atoms. The summed E-state index contributed by atoms with van der Waals surface area (Å²) in [6, 6.07) is 13.2. The maximum atomic E-state index is 13.3. The van der Waals surface area contributed by atoms with Crippen LogP contribution in [-0.4, -0.2) is 21.2 Å². The van der Waals surface area contributed by atoms with Crippen LogP contribution >= 0.6 is 34.7 Å². The number of thioether (sulfide) groups is 1. The number of nitrogens with zero attached hydrogens (tertiary/aromatic N) is 2. The summed E-state index contributed by atoms with van der Waals surface area (Å²) in [6.07, 6.45) is 0. The zero-order valence-corrected chi connectivity index (χ0v) is 19.6. The van der Waals surface area contributed by atoms with Gasteiger partial charge in [-0.1, -0.05) is 47.6 Å². The molecule has 2 aromatic carbocycles. The molecule has 0 saturated heterocycles. The van der Waals surface area contributed by atoms with Crippen LogP contribution in [0.4, 0.5) is 5.69 Å². The maximum Gasteiger partial charge on any atom is 0.276 e. The predicted molar refractivity (Wildman–Crippen MR) is 130 cm³/mol. The smallest absolute Gasteiger partial charge is 0.276 e. The van der Waals surface area contributed by atoms with Crippen LogP contribution in [-0.2, 0) is 4.79 Å². The van der Waals surface area contributed by atoms with Gasteiger partial charge in [-0.15, -0.1) is 11.3 Å². The fraction of sp³-hybridized carbons (Fsp3) is 0.174. The monoisotopic (exact) mass is 469 g/mol. The molecule has 1 amide bonds. The number of fused-ring (bicyclic) bond motifs is 1. The van der Waals surface area contributed by atoms with Gasteiger partial charge in [0, 0.05) is 0 Å². The summed E-state index contributed by atoms with van der Waals surface area (Å²) in [7, 11) is 0. The highest BCUT2D eigenvalue weighted by Gasteiger charge is 2.17. The van der Waals surface area contributed by atoms with Gasteiger partial charge >= 0.3 is 0 Å². The van der Waals surface area contributed by atoms with E-state index in [0.29, 0.717) is 26.1 Å². The van der Waals surface area contributed by atoms with Crippen molar-refractivity contribution in [3.05, 3.63) is 79.9 Å². The number of benzene rings is 2. The third-order valence-electron chi connectivity index (χ3n) is 4.87. The standard InChI is InChI=1S/C23H20ClN3O2S2/c1-13-7-8-14(2)18(11-13)27-22(29)21-17(9-10-30-21)25-23(27)31-12-19(28)26-20-15(3)5-4-6-16(20)24/h4-11H,12H2,1-3H3,(H,26,28). The summed E-state index contributed by atoms with van der Waals surface area (Å²) < 4.78 is 2.21. The van der Waals surface area contributed by atoms with Gasteiger partial charge in [0.25, 0.3) is 5.56 Å². The molecule has 2 aromatic heterocycles. The summed E-state index contributed by atoms with van der Waals surface area (Å²) in [4.78, 5) is 30.6. The number of para-hydroxylation sites is 1. The van der Waals surface area contributed by atoms with Gasteiger partial charge in [0.15, 0.2) is 5.16 Å². The molecule has 158 valence electrons. The van der Waals surface area contributed by atoms with Crippen LogP contribution in [0.5, 0.6) is 0 Å². The third kappa shape index (κ3) is 4.39. The number of aromatic nitrogens is 2. The van der Waals surface area contributed by atoms with Crippen LogP contribution in [0.15, 0.2) is 57.8 Å². The molecule has 0 radical (unpaired) electrons. The number of carbonyl (C=O) groups is 1. The first-order valence-corrected chi connectivity index (χ1v) is 11.8. The number of rotatable bonds is 5. The number of halogens is 1. The van der Waals surface area contributed by atoms with Crippen molar-refractivity contribution < 1.29 is 4.79 Å². The lowest BCUT2D eigenvalue weighted by Crippen LogP contribution is -2.23. The largest absolute Gasteiger partial charge is 0.324 e. The molecule has 2 heterocycles. The van der Waals surface area contributed by atoms with Crippen molar-refractivity contribution in [2.75, 3.05) is 11.1 Å². The van der Waals surface area contributed by atoms with Crippen LogP contribution in [0.1, 0.15) is 16.7 Å². The quantitative estimate of drug-likeness (QED) is 0.298. The zero-order chi connectivity index (χ0) is 22.1. The van der Waals surface area contributed by atoms with E-state index in [-0.39, 0.29) is 17.2 Å². The molecule has 0 aliphatic carbocycles. The summed E-state index contributed by atoms with van der Waals surface area (Å²) in [6.45, 7) is 5.83. The van der Waals surface area contributed by atoms with Crippen LogP contribution in [0.25, 0.3) is 15.9 Å². The molecule has 1 N–H and O–H groups in total. The van der Waals surface area contributed by atoms with Crippen molar-refractivity contribution in [3.63, 3.8) is 0 Å². The number of hydrogen-bond acceptors (Lipinski definition) is 5. The minimum absolute atomic E-state index is 0.0949. The Kier molecular flexibility index (Phi) is 6.18. The molecule has 0 aliphatic rings. The van der Waals surface area contributed by atoms with E-state index in [0.717, 1.165) is 22.4 Å². The Morgan fingerprint density at radius 1 is 1.16 bits per heavy atom. The lowest BCUT2D eigenvalue weighted by Gasteiger charge is -2.15. The second-order valence-corrected chi connectivity index (χ2v) is 9.49. The average molecular weight is 470 g/mol. The molecule has 0 saturated carbocycles. The number of aryl methyl sites for hydroxylation is 3. The summed E-state index contributed by atoms with van der Waals surface area (Å²) >= 11 is 8.82. The zero-order valence-electron chi connectivity index (χ0n) is 17.2. The Balaban J connectivity index is 1.69. The molecule has 0 unspecified atom stereocenters. The molecule has 4 aromatic rings. The van der Waals surface area contributed by atoms with Gasteiger partial charge < -0.3 is 5.32 Å². The van der Waals surface area contributed by atoms with Crippen molar-refractivity contribution >= 4 is 56.5 Å². The van der Waals surface area contributed by atoms with Crippen molar-refractivity contribution in [1.29, 1.82) is 0 Å². The Bertz CT molecular complexity index is 1340. The van der Waals surface area contributed by atoms with E-state index in [4.69, 9.17) is 11.6 Å². The van der Waals surface area contributed by atoms with Crippen molar-refractivity contribution in [3.8, 4) is 5.69 Å². The number of thiophene rings is 1. The van der Waals surface area contributed by atoms with Crippen molar-refractivity contribution in [2.45, 2.75) is 25.9 Å². The normalized spacial score (nSPS) is 11.1. The van der Waals surface area contributed by atoms with E-state index in [1.807, 2.05) is 62.5 Å². The Hall–Kier alpha value is -2.61. The van der Waals surface area contributed by atoms with Crippen molar-refractivity contribution in [2.24, 2.45) is 0 Å². The first kappa shape index (κ1) is 21.6. The fourth-order valence-electron chi connectivity index (χ4n) is 3.26. The summed E-state index contributed by atoms with van der Waals surface area (Å²) in [5.41, 5.74) is 4.78. The van der Waals surface area contributed by atoms with E-state index in [1.54, 1.807) is 10.6 Å². The number of hydrogen-bond donors (Lipinski definition) is 1. The fourth-order valence-corrected chi connectivity index (χ4v) is 5.09. The minimum Gasteiger partial charge on any atom is -0.324 e. The van der Waals surface area contributed by atoms with Gasteiger partial charge in [0.1, 0.15) is 4.70 Å². The van der Waals surface area contributed by atoms with Gasteiger partial charge in [-0.3, -0.25) is 14.2 Å². The number of carbonyl (C=O) groups excluding carboxylic acids is 1. The topological polar surface area (TPSA) is 64.0 Å². The maximum absolute atomic E-state index is 13.3. The minimum atomic E-state index is -0.214. The number of amides is 1. The second kappa shape index (κ2) is 8.86. The Morgan fingerprint density at radius 3 is 2.74 bits per heavy atom. The van der Waals surface area contributed by atoms with Crippen LogP contribution < -0.4 is 10.9 Å². The SMILES string of the molecule is Cc1ccc(C)c(-n2c(SCC(=O)Nc3c(C)cccc3Cl)nc3ccsc3c2=O)c1. The van der Waals surface area contributed by atoms with Gasteiger partial charge in [-0.25, -0.2) is 4.98 Å². The van der Waals surface area contributed by atoms with E-state index < -0.39 is 0 Å². The lowest BCUT2D eigenvalue weighted by molar-refractivity contribution is -0.113. The van der Waals surface area contributed by atoms with Gasteiger partial charge in [-0.05, 0) is 61.0 Å². The molecule has 31 heavy (non-hydrogen) atoms. The third-order valence-corrected chi connectivity index (χ3v) is 7.02. The van der Waals surface area contributed by atoms with Crippen LogP contribution in [0.3, 0.4) is 0 Å². The highest BCUT2D eigenvalue weighted by atomic mass is 35.5. The van der Waals surface area contributed by atoms with Crippen LogP contribution in [0.2, 0.25) is 5.02 Å². The lowest BCUT2D eigenvalue weighted by atomic mass is 10.1. The molecule has 5 nitrogen and oxygen atoms in total. The first-order chi connectivity index (χ1) is 14.8. The molecular formula is C23H20ClN3O2S2. The second-order valence-electron chi connectivity index (χ2n) is 7.23. The van der Waals surface area contributed by atoms with E-state index in [2.05, 4.69) is 10.3 Å². The predicted octanol–water partition coefficient (Wildman–Crippen LogP) is 5.76. The van der Waals surface area contributed by atoms with Gasteiger partial charge in [0.05, 0.1) is 27.7 Å². The average Bonchev–Trinajstić information content (AvgIpc) is 3.20. The number of nitrogens with one attached hydrogen (secondary N) is 1. The molecule has 8 heteroatoms. The van der Waals surface area contributed by atoms with E-state index in [1.165, 1.54) is 23.1 Å².